The van der Waals surface area contributed by atoms with E-state index >= 15 is 0 Å². The molecule has 3 saturated heterocycles. The Bertz CT molecular complexity index is 1460. The first-order valence-corrected chi connectivity index (χ1v) is 12.6. The van der Waals surface area contributed by atoms with E-state index in [-0.39, 0.29) is 17.2 Å². The van der Waals surface area contributed by atoms with Gasteiger partial charge in [0.2, 0.25) is 5.95 Å². The minimum Gasteiger partial charge on any atom is -0.366 e. The molecule has 0 unspecified atom stereocenters. The first-order valence-electron chi connectivity index (χ1n) is 11.8. The average molecular weight is 492 g/mol. The zero-order valence-electron chi connectivity index (χ0n) is 19.7. The summed E-state index contributed by atoms with van der Waals surface area (Å²) in [5, 5.41) is 3.70. The second-order valence-corrected chi connectivity index (χ2v) is 10.3. The molecule has 0 saturated carbocycles. The zero-order chi connectivity index (χ0) is 24.1. The molecule has 0 spiro atoms. The molecule has 2 bridgehead atoms. The van der Waals surface area contributed by atoms with Crippen LogP contribution in [0.15, 0.2) is 41.6 Å². The lowest BCUT2D eigenvalue weighted by molar-refractivity contribution is 0.250. The number of nitrogens with one attached hydrogen (secondary N) is 1. The molecule has 4 aromatic heterocycles. The number of rotatable bonds is 4. The van der Waals surface area contributed by atoms with Crippen LogP contribution in [-0.2, 0) is 7.05 Å². The van der Waals surface area contributed by atoms with Crippen molar-refractivity contribution in [3.63, 3.8) is 0 Å². The highest BCUT2D eigenvalue weighted by Gasteiger charge is 2.29. The van der Waals surface area contributed by atoms with E-state index in [9.17, 15) is 9.18 Å². The van der Waals surface area contributed by atoms with Gasteiger partial charge in [-0.3, -0.25) is 4.79 Å². The number of aromatic nitrogens is 4. The maximum Gasteiger partial charge on any atom is 0.259 e. The van der Waals surface area contributed by atoms with Gasteiger partial charge in [0.15, 0.2) is 5.82 Å². The van der Waals surface area contributed by atoms with Crippen molar-refractivity contribution in [1.82, 2.24) is 24.4 Å². The second kappa shape index (κ2) is 8.69. The summed E-state index contributed by atoms with van der Waals surface area (Å²) in [5.41, 5.74) is 1.91. The standard InChI is InChI=1S/C25H26FN7OS/c1-15-21-19(7-8-31(2)24(21)34)35-23(15)22-18(26)14-28-25(30-22)29-20-4-3-17(13-27-20)33-12-11-32-9-5-16(33)6-10-32/h3-4,7-8,13-14,16H,5-6,9-12H2,1-2H3,(H,27,28,29,30). The Morgan fingerprint density at radius 2 is 1.91 bits per heavy atom. The molecule has 35 heavy (non-hydrogen) atoms. The molecule has 10 heteroatoms. The highest BCUT2D eigenvalue weighted by atomic mass is 32.1. The molecule has 0 aliphatic carbocycles. The van der Waals surface area contributed by atoms with E-state index in [0.717, 1.165) is 35.2 Å². The molecule has 180 valence electrons. The van der Waals surface area contributed by atoms with Crippen LogP contribution in [0.25, 0.3) is 20.7 Å². The lowest BCUT2D eigenvalue weighted by Gasteiger charge is -2.32. The number of fused-ring (bicyclic) bond motifs is 5. The molecule has 3 fully saturated rings. The van der Waals surface area contributed by atoms with E-state index in [1.54, 1.807) is 13.2 Å². The molecule has 0 aromatic carbocycles. The number of thiophene rings is 1. The SMILES string of the molecule is Cc1c(-c2nc(Nc3ccc(N4CCN5CCC4CC5)cn3)ncc2F)sc2ccn(C)c(=O)c12. The molecular weight excluding hydrogens is 465 g/mol. The van der Waals surface area contributed by atoms with Crippen LogP contribution in [-0.4, -0.2) is 56.6 Å². The first-order chi connectivity index (χ1) is 17.0. The third-order valence-corrected chi connectivity index (χ3v) is 8.36. The van der Waals surface area contributed by atoms with Gasteiger partial charge in [0, 0.05) is 50.2 Å². The monoisotopic (exact) mass is 491 g/mol. The molecular formula is C25H26FN7OS. The predicted molar refractivity (Wildman–Crippen MR) is 137 cm³/mol. The summed E-state index contributed by atoms with van der Waals surface area (Å²) in [6, 6.07) is 6.42. The van der Waals surface area contributed by atoms with E-state index in [4.69, 9.17) is 0 Å². The molecule has 4 aromatic rings. The fourth-order valence-corrected chi connectivity index (χ4v) is 6.31. The smallest absolute Gasteiger partial charge is 0.259 e. The first kappa shape index (κ1) is 22.1. The van der Waals surface area contributed by atoms with Crippen molar-refractivity contribution < 1.29 is 4.39 Å². The number of hydrogen-bond donors (Lipinski definition) is 1. The fourth-order valence-electron chi connectivity index (χ4n) is 5.13. The van der Waals surface area contributed by atoms with E-state index in [1.165, 1.54) is 41.8 Å². The summed E-state index contributed by atoms with van der Waals surface area (Å²) in [6.45, 7) is 6.28. The number of anilines is 3. The van der Waals surface area contributed by atoms with Gasteiger partial charge in [-0.1, -0.05) is 0 Å². The number of pyridine rings is 2. The number of piperidine rings is 1. The summed E-state index contributed by atoms with van der Waals surface area (Å²) in [7, 11) is 1.71. The van der Waals surface area contributed by atoms with E-state index in [0.29, 0.717) is 22.1 Å². The highest BCUT2D eigenvalue weighted by molar-refractivity contribution is 7.22. The molecule has 7 heterocycles. The lowest BCUT2D eigenvalue weighted by atomic mass is 10.0. The molecule has 3 aliphatic rings. The summed E-state index contributed by atoms with van der Waals surface area (Å²) in [5.74, 6) is 0.320. The van der Waals surface area contributed by atoms with Gasteiger partial charge in [0.1, 0.15) is 11.5 Å². The van der Waals surface area contributed by atoms with Crippen molar-refractivity contribution >= 4 is 38.9 Å². The third-order valence-electron chi connectivity index (χ3n) is 7.09. The van der Waals surface area contributed by atoms with Crippen LogP contribution in [0, 0.1) is 12.7 Å². The van der Waals surface area contributed by atoms with Crippen LogP contribution in [0.4, 0.5) is 21.8 Å². The van der Waals surface area contributed by atoms with Crippen LogP contribution in [0.1, 0.15) is 18.4 Å². The Morgan fingerprint density at radius 1 is 1.09 bits per heavy atom. The molecule has 0 amide bonds. The van der Waals surface area contributed by atoms with Crippen LogP contribution >= 0.6 is 11.3 Å². The maximum atomic E-state index is 14.8. The fraction of sp³-hybridized carbons (Fsp3) is 0.360. The number of hydrogen-bond acceptors (Lipinski definition) is 8. The number of aryl methyl sites for hydroxylation is 2. The summed E-state index contributed by atoms with van der Waals surface area (Å²) >= 11 is 1.36. The average Bonchev–Trinajstić information content (AvgIpc) is 3.00. The molecule has 7 rings (SSSR count). The normalized spacial score (nSPS) is 19.8. The maximum absolute atomic E-state index is 14.8. The van der Waals surface area contributed by atoms with Crippen LogP contribution in [0.3, 0.4) is 0 Å². The van der Waals surface area contributed by atoms with Gasteiger partial charge in [-0.2, -0.15) is 0 Å². The van der Waals surface area contributed by atoms with Gasteiger partial charge >= 0.3 is 0 Å². The van der Waals surface area contributed by atoms with Gasteiger partial charge in [-0.05, 0) is 43.5 Å². The summed E-state index contributed by atoms with van der Waals surface area (Å²) in [6.07, 6.45) is 7.14. The van der Waals surface area contributed by atoms with Gasteiger partial charge < -0.3 is 19.7 Å². The highest BCUT2D eigenvalue weighted by Crippen LogP contribution is 2.37. The number of nitrogens with zero attached hydrogens (tertiary/aromatic N) is 6. The van der Waals surface area contributed by atoms with Crippen molar-refractivity contribution in [2.45, 2.75) is 25.8 Å². The summed E-state index contributed by atoms with van der Waals surface area (Å²) in [4.78, 5) is 31.4. The summed E-state index contributed by atoms with van der Waals surface area (Å²) < 4.78 is 17.1. The van der Waals surface area contributed by atoms with Crippen molar-refractivity contribution in [2.24, 2.45) is 7.05 Å². The zero-order valence-corrected chi connectivity index (χ0v) is 20.5. The Morgan fingerprint density at radius 3 is 2.69 bits per heavy atom. The number of halogens is 1. The Labute approximate surface area is 206 Å². The molecule has 3 aliphatic heterocycles. The van der Waals surface area contributed by atoms with E-state index < -0.39 is 5.82 Å². The van der Waals surface area contributed by atoms with Crippen LogP contribution < -0.4 is 15.8 Å². The van der Waals surface area contributed by atoms with Crippen molar-refractivity contribution in [2.75, 3.05) is 36.4 Å². The predicted octanol–water partition coefficient (Wildman–Crippen LogP) is 3.93. The van der Waals surface area contributed by atoms with Gasteiger partial charge in [-0.25, -0.2) is 19.3 Å². The topological polar surface area (TPSA) is 79.2 Å². The molecule has 8 nitrogen and oxygen atoms in total. The van der Waals surface area contributed by atoms with E-state index in [1.807, 2.05) is 25.3 Å². The van der Waals surface area contributed by atoms with Crippen LogP contribution in [0.2, 0.25) is 0 Å². The molecule has 1 N–H and O–H groups in total. The van der Waals surface area contributed by atoms with Crippen molar-refractivity contribution in [1.29, 1.82) is 0 Å². The third kappa shape index (κ3) is 3.96. The second-order valence-electron chi connectivity index (χ2n) is 9.21. The minimum absolute atomic E-state index is 0.102. The quantitative estimate of drug-likeness (QED) is 0.463. The van der Waals surface area contributed by atoms with E-state index in [2.05, 4.69) is 36.1 Å². The largest absolute Gasteiger partial charge is 0.366 e. The van der Waals surface area contributed by atoms with Gasteiger partial charge in [0.25, 0.3) is 5.56 Å². The Balaban J connectivity index is 1.27. The van der Waals surface area contributed by atoms with Crippen LogP contribution in [0.5, 0.6) is 0 Å². The molecule has 0 atom stereocenters. The molecule has 0 radical (unpaired) electrons. The van der Waals surface area contributed by atoms with Crippen molar-refractivity contribution in [3.8, 4) is 10.6 Å². The van der Waals surface area contributed by atoms with Crippen molar-refractivity contribution in [3.05, 3.63) is 58.5 Å². The Hall–Kier alpha value is -3.37. The minimum atomic E-state index is -0.530. The lowest BCUT2D eigenvalue weighted by Crippen LogP contribution is -2.37. The van der Waals surface area contributed by atoms with Gasteiger partial charge in [-0.15, -0.1) is 11.3 Å². The van der Waals surface area contributed by atoms with Gasteiger partial charge in [0.05, 0.1) is 28.3 Å². The Kier molecular flexibility index (Phi) is 5.49.